The number of aliphatic hydroxyl groups is 1. The van der Waals surface area contributed by atoms with Gasteiger partial charge in [-0.3, -0.25) is 14.9 Å². The highest BCUT2D eigenvalue weighted by molar-refractivity contribution is 5.96. The molecule has 2 fully saturated rings. The normalized spacial score (nSPS) is 26.8. The smallest absolute Gasteiger partial charge is 0.280 e. The summed E-state index contributed by atoms with van der Waals surface area (Å²) in [7, 11) is 0. The van der Waals surface area contributed by atoms with Gasteiger partial charge in [0.1, 0.15) is 0 Å². The van der Waals surface area contributed by atoms with E-state index >= 15 is 0 Å². The van der Waals surface area contributed by atoms with E-state index in [1.165, 1.54) is 18.9 Å². The highest BCUT2D eigenvalue weighted by Gasteiger charge is 2.43. The first-order valence-corrected chi connectivity index (χ1v) is 11.6. The molecular formula is C26H31N3O3. The molecule has 1 amide bonds. The van der Waals surface area contributed by atoms with Gasteiger partial charge >= 0.3 is 0 Å². The molecule has 3 aliphatic rings. The molecule has 3 heterocycles. The maximum atomic E-state index is 13.6. The van der Waals surface area contributed by atoms with Gasteiger partial charge in [-0.15, -0.1) is 0 Å². The van der Waals surface area contributed by atoms with Gasteiger partial charge in [-0.1, -0.05) is 49.0 Å². The number of hydroxylamine groups is 2. The third kappa shape index (κ3) is 3.48. The van der Waals surface area contributed by atoms with Crippen molar-refractivity contribution in [1.29, 1.82) is 0 Å². The summed E-state index contributed by atoms with van der Waals surface area (Å²) in [5.41, 5.74) is 0.960. The second-order valence-corrected chi connectivity index (χ2v) is 9.25. The fourth-order valence-corrected chi connectivity index (χ4v) is 5.83. The van der Waals surface area contributed by atoms with Crippen molar-refractivity contribution in [2.75, 3.05) is 19.6 Å². The highest BCUT2D eigenvalue weighted by atomic mass is 16.6. The molecule has 0 bridgehead atoms. The molecule has 2 aromatic carbocycles. The van der Waals surface area contributed by atoms with E-state index in [-0.39, 0.29) is 6.04 Å². The second kappa shape index (κ2) is 8.45. The van der Waals surface area contributed by atoms with E-state index in [1.54, 1.807) is 30.3 Å². The SMILES string of the molecule is C=C[C@](O)(c1ccccc1)N(O)C(=O)c1cccc2c1[C@@H]1C[C@@H]3NCCC[C@@H]3CN1CC2. The van der Waals surface area contributed by atoms with Crippen LogP contribution in [0.2, 0.25) is 0 Å². The minimum absolute atomic E-state index is 0.132. The number of hydrogen-bond donors (Lipinski definition) is 3. The maximum Gasteiger partial charge on any atom is 0.280 e. The number of rotatable bonds is 4. The number of nitrogens with zero attached hydrogens (tertiary/aromatic N) is 2. The average molecular weight is 434 g/mol. The summed E-state index contributed by atoms with van der Waals surface area (Å²) in [4.78, 5) is 16.1. The molecule has 0 aromatic heterocycles. The minimum atomic E-state index is -2.02. The monoisotopic (exact) mass is 433 g/mol. The predicted octanol–water partition coefficient (Wildman–Crippen LogP) is 3.22. The van der Waals surface area contributed by atoms with Gasteiger partial charge in [0.25, 0.3) is 5.91 Å². The average Bonchev–Trinajstić information content (AvgIpc) is 2.86. The lowest BCUT2D eigenvalue weighted by Crippen LogP contribution is -2.55. The van der Waals surface area contributed by atoms with Gasteiger partial charge in [-0.25, -0.2) is 0 Å². The van der Waals surface area contributed by atoms with Gasteiger partial charge in [0.05, 0.1) is 0 Å². The van der Waals surface area contributed by atoms with E-state index < -0.39 is 11.6 Å². The minimum Gasteiger partial charge on any atom is -0.362 e. The number of hydrogen-bond acceptors (Lipinski definition) is 5. The largest absolute Gasteiger partial charge is 0.362 e. The van der Waals surface area contributed by atoms with Gasteiger partial charge < -0.3 is 10.4 Å². The third-order valence-corrected chi connectivity index (χ3v) is 7.54. The summed E-state index contributed by atoms with van der Waals surface area (Å²) in [5, 5.41) is 26.3. The third-order valence-electron chi connectivity index (χ3n) is 7.54. The van der Waals surface area contributed by atoms with Crippen LogP contribution in [0.15, 0.2) is 61.2 Å². The Labute approximate surface area is 189 Å². The molecule has 2 saturated heterocycles. The number of carbonyl (C=O) groups is 1. The summed E-state index contributed by atoms with van der Waals surface area (Å²) in [6.45, 7) is 6.76. The van der Waals surface area contributed by atoms with Crippen LogP contribution in [0.1, 0.15) is 52.4 Å². The summed E-state index contributed by atoms with van der Waals surface area (Å²) >= 11 is 0. The molecule has 0 saturated carbocycles. The molecule has 2 aromatic rings. The van der Waals surface area contributed by atoms with E-state index in [4.69, 9.17) is 0 Å². The molecular weight excluding hydrogens is 402 g/mol. The van der Waals surface area contributed by atoms with Crippen LogP contribution in [0.25, 0.3) is 0 Å². The van der Waals surface area contributed by atoms with Gasteiger partial charge in [-0.05, 0) is 61.4 Å². The first kappa shape index (κ1) is 21.3. The molecule has 6 heteroatoms. The van der Waals surface area contributed by atoms with Crippen molar-refractivity contribution in [3.05, 3.63) is 83.4 Å². The van der Waals surface area contributed by atoms with Crippen molar-refractivity contribution >= 4 is 5.91 Å². The van der Waals surface area contributed by atoms with Crippen molar-refractivity contribution < 1.29 is 15.1 Å². The molecule has 0 radical (unpaired) electrons. The Morgan fingerprint density at radius 2 is 2.03 bits per heavy atom. The Hall–Kier alpha value is -2.51. The van der Waals surface area contributed by atoms with Crippen LogP contribution in [0, 0.1) is 5.92 Å². The molecule has 3 N–H and O–H groups in total. The number of nitrogens with one attached hydrogen (secondary N) is 1. The van der Waals surface area contributed by atoms with Gasteiger partial charge in [-0.2, -0.15) is 5.06 Å². The molecule has 0 aliphatic carbocycles. The lowest BCUT2D eigenvalue weighted by molar-refractivity contribution is -0.207. The molecule has 3 aliphatic heterocycles. The maximum absolute atomic E-state index is 13.6. The quantitative estimate of drug-likeness (QED) is 0.299. The van der Waals surface area contributed by atoms with Crippen molar-refractivity contribution in [3.8, 4) is 0 Å². The van der Waals surface area contributed by atoms with E-state index in [2.05, 4.69) is 22.9 Å². The molecule has 0 unspecified atom stereocenters. The van der Waals surface area contributed by atoms with Crippen LogP contribution >= 0.6 is 0 Å². The number of benzene rings is 2. The number of carbonyl (C=O) groups excluding carboxylic acids is 1. The van der Waals surface area contributed by atoms with Crippen LogP contribution in [-0.4, -0.2) is 51.9 Å². The van der Waals surface area contributed by atoms with Crippen LogP contribution in [0.3, 0.4) is 0 Å². The van der Waals surface area contributed by atoms with Crippen LogP contribution < -0.4 is 5.32 Å². The Kier molecular flexibility index (Phi) is 5.63. The van der Waals surface area contributed by atoms with Crippen LogP contribution in [-0.2, 0) is 12.1 Å². The standard InChI is InChI=1S/C26H31N3O3/c1-2-26(31,20-10-4-3-5-11-20)29(32)25(30)21-12-6-8-18-13-15-28-17-19-9-7-14-27-22(19)16-23(28)24(18)21/h2-6,8,10-12,19,22-23,27,31-32H,1,7,9,13-17H2/t19-,22+,23+,26+/m1/s1. The van der Waals surface area contributed by atoms with Crippen LogP contribution in [0.4, 0.5) is 0 Å². The van der Waals surface area contributed by atoms with E-state index in [1.807, 2.05) is 12.1 Å². The Bertz CT molecular complexity index is 1010. The van der Waals surface area contributed by atoms with Gasteiger partial charge in [0, 0.05) is 36.3 Å². The highest BCUT2D eigenvalue weighted by Crippen LogP contribution is 2.42. The molecule has 4 atom stereocenters. The summed E-state index contributed by atoms with van der Waals surface area (Å²) in [5.74, 6) is 0.0383. The first-order valence-electron chi connectivity index (χ1n) is 11.6. The number of piperidine rings is 2. The second-order valence-electron chi connectivity index (χ2n) is 9.25. The fraction of sp³-hybridized carbons (Fsp3) is 0.423. The van der Waals surface area contributed by atoms with Crippen molar-refractivity contribution in [2.24, 2.45) is 5.92 Å². The zero-order valence-corrected chi connectivity index (χ0v) is 18.3. The van der Waals surface area contributed by atoms with Gasteiger partial charge in [0.15, 0.2) is 0 Å². The zero-order chi connectivity index (χ0) is 22.3. The Balaban J connectivity index is 1.50. The number of fused-ring (bicyclic) bond motifs is 4. The topological polar surface area (TPSA) is 76.0 Å². The van der Waals surface area contributed by atoms with E-state index in [0.29, 0.717) is 28.1 Å². The van der Waals surface area contributed by atoms with E-state index in [0.717, 1.165) is 43.6 Å². The molecule has 6 nitrogen and oxygen atoms in total. The lowest BCUT2D eigenvalue weighted by Gasteiger charge is -2.49. The summed E-state index contributed by atoms with van der Waals surface area (Å²) < 4.78 is 0. The molecule has 0 spiro atoms. The van der Waals surface area contributed by atoms with Crippen molar-refractivity contribution in [3.63, 3.8) is 0 Å². The van der Waals surface area contributed by atoms with Crippen molar-refractivity contribution in [2.45, 2.75) is 43.5 Å². The zero-order valence-electron chi connectivity index (χ0n) is 18.3. The first-order chi connectivity index (χ1) is 15.5. The predicted molar refractivity (Wildman–Crippen MR) is 122 cm³/mol. The Morgan fingerprint density at radius 3 is 2.81 bits per heavy atom. The van der Waals surface area contributed by atoms with E-state index in [9.17, 15) is 15.1 Å². The lowest BCUT2D eigenvalue weighted by atomic mass is 9.76. The Morgan fingerprint density at radius 1 is 1.22 bits per heavy atom. The van der Waals surface area contributed by atoms with Crippen LogP contribution in [0.5, 0.6) is 0 Å². The fourth-order valence-electron chi connectivity index (χ4n) is 5.83. The molecule has 168 valence electrons. The molecule has 32 heavy (non-hydrogen) atoms. The van der Waals surface area contributed by atoms with Gasteiger partial charge in [0.2, 0.25) is 5.72 Å². The molecule has 5 rings (SSSR count). The number of amides is 1. The van der Waals surface area contributed by atoms with Crippen molar-refractivity contribution in [1.82, 2.24) is 15.3 Å². The summed E-state index contributed by atoms with van der Waals surface area (Å²) in [6, 6.07) is 15.0. The summed E-state index contributed by atoms with van der Waals surface area (Å²) in [6.07, 6.45) is 5.51.